The zero-order chi connectivity index (χ0) is 18.9. The summed E-state index contributed by atoms with van der Waals surface area (Å²) >= 11 is 0. The molecule has 3 nitrogen and oxygen atoms in total. The van der Waals surface area contributed by atoms with E-state index < -0.39 is 0 Å². The van der Waals surface area contributed by atoms with Crippen LogP contribution in [0.5, 0.6) is 0 Å². The third kappa shape index (κ3) is 2.34. The van der Waals surface area contributed by atoms with E-state index in [-0.39, 0.29) is 34.2 Å². The van der Waals surface area contributed by atoms with E-state index in [1.54, 1.807) is 13.8 Å². The molecule has 0 aromatic carbocycles. The van der Waals surface area contributed by atoms with Crippen LogP contribution in [0.1, 0.15) is 72.6 Å². The number of rotatable bonds is 2. The molecule has 0 aliphatic heterocycles. The second-order valence-electron chi connectivity index (χ2n) is 10.1. The molecular formula is C23H32O3. The number of carbonyl (C=O) groups is 3. The zero-order valence-electron chi connectivity index (χ0n) is 16.6. The third-order valence-electron chi connectivity index (χ3n) is 8.98. The second-order valence-corrected chi connectivity index (χ2v) is 10.1. The summed E-state index contributed by atoms with van der Waals surface area (Å²) in [5, 5.41) is 0. The lowest BCUT2D eigenvalue weighted by molar-refractivity contribution is -0.134. The van der Waals surface area contributed by atoms with Crippen LogP contribution < -0.4 is 0 Å². The predicted octanol–water partition coefficient (Wildman–Crippen LogP) is 4.54. The van der Waals surface area contributed by atoms with Gasteiger partial charge >= 0.3 is 0 Å². The molecule has 4 aliphatic carbocycles. The summed E-state index contributed by atoms with van der Waals surface area (Å²) in [4.78, 5) is 36.8. The van der Waals surface area contributed by atoms with E-state index >= 15 is 0 Å². The summed E-state index contributed by atoms with van der Waals surface area (Å²) in [6, 6.07) is 0. The Hall–Kier alpha value is -1.25. The van der Waals surface area contributed by atoms with E-state index in [0.717, 1.165) is 38.5 Å². The maximum absolute atomic E-state index is 12.5. The van der Waals surface area contributed by atoms with Crippen LogP contribution in [0.15, 0.2) is 11.6 Å². The van der Waals surface area contributed by atoms with Gasteiger partial charge in [0.25, 0.3) is 0 Å². The molecule has 3 fully saturated rings. The summed E-state index contributed by atoms with van der Waals surface area (Å²) in [7, 11) is 0. The van der Waals surface area contributed by atoms with Crippen molar-refractivity contribution in [2.24, 2.45) is 40.4 Å². The summed E-state index contributed by atoms with van der Waals surface area (Å²) in [5.74, 6) is 2.19. The molecule has 4 aliphatic rings. The molecular weight excluding hydrogens is 324 g/mol. The van der Waals surface area contributed by atoms with Gasteiger partial charge in [0.1, 0.15) is 11.6 Å². The Labute approximate surface area is 157 Å². The monoisotopic (exact) mass is 356 g/mol. The molecule has 0 spiro atoms. The van der Waals surface area contributed by atoms with Crippen molar-refractivity contribution in [1.29, 1.82) is 0 Å². The van der Waals surface area contributed by atoms with Gasteiger partial charge in [0.15, 0.2) is 5.78 Å². The highest BCUT2D eigenvalue weighted by atomic mass is 16.1. The zero-order valence-corrected chi connectivity index (χ0v) is 16.6. The average molecular weight is 357 g/mol. The molecule has 7 atom stereocenters. The summed E-state index contributed by atoms with van der Waals surface area (Å²) in [5.41, 5.74) is 1.51. The van der Waals surface area contributed by atoms with Crippen LogP contribution in [-0.2, 0) is 14.4 Å². The quantitative estimate of drug-likeness (QED) is 0.730. The molecule has 3 saturated carbocycles. The van der Waals surface area contributed by atoms with Crippen molar-refractivity contribution in [2.45, 2.75) is 72.6 Å². The van der Waals surface area contributed by atoms with Crippen molar-refractivity contribution in [2.75, 3.05) is 0 Å². The fraction of sp³-hybridized carbons (Fsp3) is 0.783. The van der Waals surface area contributed by atoms with Gasteiger partial charge < -0.3 is 0 Å². The van der Waals surface area contributed by atoms with Gasteiger partial charge in [-0.15, -0.1) is 0 Å². The molecule has 1 unspecified atom stereocenters. The van der Waals surface area contributed by atoms with Gasteiger partial charge in [-0.25, -0.2) is 0 Å². The van der Waals surface area contributed by atoms with Crippen molar-refractivity contribution < 1.29 is 14.4 Å². The SMILES string of the molecule is CC(=O)C1C[C@H]2[C@@H]3CCC4=CC(=O)CC[C@]4(C)[C@H]3CC[C@]2(C)[C@H]1C(C)=O. The van der Waals surface area contributed by atoms with Gasteiger partial charge in [0.2, 0.25) is 0 Å². The number of carbonyl (C=O) groups excluding carboxylic acids is 3. The van der Waals surface area contributed by atoms with Gasteiger partial charge in [-0.3, -0.25) is 14.4 Å². The molecule has 4 rings (SSSR count). The van der Waals surface area contributed by atoms with Gasteiger partial charge in [0, 0.05) is 18.3 Å². The Morgan fingerprint density at radius 3 is 2.38 bits per heavy atom. The number of fused-ring (bicyclic) bond motifs is 5. The molecule has 0 aromatic rings. The van der Waals surface area contributed by atoms with Crippen LogP contribution in [0.3, 0.4) is 0 Å². The minimum Gasteiger partial charge on any atom is -0.300 e. The maximum Gasteiger partial charge on any atom is 0.155 e. The van der Waals surface area contributed by atoms with E-state index in [9.17, 15) is 14.4 Å². The number of hydrogen-bond donors (Lipinski definition) is 0. The molecule has 0 saturated heterocycles. The van der Waals surface area contributed by atoms with Gasteiger partial charge in [-0.1, -0.05) is 19.4 Å². The van der Waals surface area contributed by atoms with Gasteiger partial charge in [0.05, 0.1) is 0 Å². The van der Waals surface area contributed by atoms with Crippen LogP contribution in [0, 0.1) is 40.4 Å². The van der Waals surface area contributed by atoms with Crippen LogP contribution in [-0.4, -0.2) is 17.3 Å². The molecule has 0 bridgehead atoms. The number of allylic oxidation sites excluding steroid dienone is 1. The molecule has 0 amide bonds. The summed E-state index contributed by atoms with van der Waals surface area (Å²) in [6.45, 7) is 8.04. The van der Waals surface area contributed by atoms with E-state index in [1.807, 2.05) is 6.08 Å². The van der Waals surface area contributed by atoms with E-state index in [4.69, 9.17) is 0 Å². The largest absolute Gasteiger partial charge is 0.300 e. The first-order chi connectivity index (χ1) is 12.2. The minimum atomic E-state index is -0.0939. The van der Waals surface area contributed by atoms with Crippen LogP contribution in [0.2, 0.25) is 0 Å². The highest BCUT2D eigenvalue weighted by Gasteiger charge is 2.62. The fourth-order valence-corrected chi connectivity index (χ4v) is 7.75. The normalized spacial score (nSPS) is 47.5. The average Bonchev–Trinajstić information content (AvgIpc) is 2.89. The molecule has 0 N–H and O–H groups in total. The lowest BCUT2D eigenvalue weighted by Crippen LogP contribution is -2.51. The topological polar surface area (TPSA) is 51.2 Å². The first-order valence-corrected chi connectivity index (χ1v) is 10.4. The van der Waals surface area contributed by atoms with Crippen LogP contribution >= 0.6 is 0 Å². The highest BCUT2D eigenvalue weighted by molar-refractivity contribution is 5.91. The maximum atomic E-state index is 12.5. The molecule has 142 valence electrons. The first-order valence-electron chi connectivity index (χ1n) is 10.4. The fourth-order valence-electron chi connectivity index (χ4n) is 7.75. The van der Waals surface area contributed by atoms with Gasteiger partial charge in [-0.05, 0) is 87.0 Å². The highest BCUT2D eigenvalue weighted by Crippen LogP contribution is 2.67. The molecule has 0 radical (unpaired) electrons. The number of hydrogen-bond acceptors (Lipinski definition) is 3. The second kappa shape index (κ2) is 5.87. The predicted molar refractivity (Wildman–Crippen MR) is 100 cm³/mol. The van der Waals surface area contributed by atoms with Crippen molar-refractivity contribution in [3.05, 3.63) is 11.6 Å². The summed E-state index contributed by atoms with van der Waals surface area (Å²) < 4.78 is 0. The molecule has 26 heavy (non-hydrogen) atoms. The van der Waals surface area contributed by atoms with Crippen molar-refractivity contribution >= 4 is 17.3 Å². The Morgan fingerprint density at radius 1 is 1.00 bits per heavy atom. The van der Waals surface area contributed by atoms with Crippen molar-refractivity contribution in [3.8, 4) is 0 Å². The summed E-state index contributed by atoms with van der Waals surface area (Å²) in [6.07, 6.45) is 8.81. The Bertz CT molecular complexity index is 704. The number of Topliss-reactive ketones (excluding diaryl/α,β-unsaturated/α-hetero) is 2. The van der Waals surface area contributed by atoms with Crippen LogP contribution in [0.4, 0.5) is 0 Å². The third-order valence-corrected chi connectivity index (χ3v) is 8.98. The lowest BCUT2D eigenvalue weighted by atomic mass is 9.46. The molecule has 3 heteroatoms. The Morgan fingerprint density at radius 2 is 1.73 bits per heavy atom. The Balaban J connectivity index is 1.71. The standard InChI is InChI=1S/C23H32O3/c1-13(24)18-12-20-17-6-5-15-11-16(26)7-9-22(15,3)19(17)8-10-23(20,4)21(18)14(2)25/h11,17-21H,5-10,12H2,1-4H3/t17-,18?,19+,20+,21+,22+,23+/m1/s1. The van der Waals surface area contributed by atoms with Crippen molar-refractivity contribution in [3.63, 3.8) is 0 Å². The van der Waals surface area contributed by atoms with E-state index in [1.165, 1.54) is 5.57 Å². The number of ketones is 3. The molecule has 0 aromatic heterocycles. The lowest BCUT2D eigenvalue weighted by Gasteiger charge is -2.58. The Kier molecular flexibility index (Phi) is 4.09. The minimum absolute atomic E-state index is 0.0224. The van der Waals surface area contributed by atoms with E-state index in [2.05, 4.69) is 13.8 Å². The first kappa shape index (κ1) is 18.1. The smallest absolute Gasteiger partial charge is 0.155 e. The van der Waals surface area contributed by atoms with Crippen molar-refractivity contribution in [1.82, 2.24) is 0 Å². The van der Waals surface area contributed by atoms with Crippen LogP contribution in [0.25, 0.3) is 0 Å². The van der Waals surface area contributed by atoms with Gasteiger partial charge in [-0.2, -0.15) is 0 Å². The molecule has 0 heterocycles. The van der Waals surface area contributed by atoms with E-state index in [0.29, 0.717) is 30.0 Å².